The van der Waals surface area contributed by atoms with Crippen LogP contribution in [-0.4, -0.2) is 45.4 Å². The molecule has 1 aromatic heterocycles. The number of rotatable bonds is 9. The van der Waals surface area contributed by atoms with E-state index in [1.54, 1.807) is 14.2 Å². The lowest BCUT2D eigenvalue weighted by Crippen LogP contribution is -2.33. The minimum absolute atomic E-state index is 0.731. The number of furan rings is 1. The molecule has 1 aliphatic heterocycles. The van der Waals surface area contributed by atoms with Gasteiger partial charge in [0, 0.05) is 35.5 Å². The van der Waals surface area contributed by atoms with Crippen LogP contribution in [0.2, 0.25) is 0 Å². The van der Waals surface area contributed by atoms with E-state index >= 15 is 0 Å². The summed E-state index contributed by atoms with van der Waals surface area (Å²) in [6.07, 6.45) is 4.73. The van der Waals surface area contributed by atoms with Crippen LogP contribution < -0.4 is 14.2 Å². The van der Waals surface area contributed by atoms with Crippen LogP contribution in [-0.2, 0) is 6.42 Å². The Kier molecular flexibility index (Phi) is 7.24. The molecule has 3 aromatic carbocycles. The smallest absolute Gasteiger partial charge is 0.138 e. The molecule has 4 aromatic rings. The molecule has 0 radical (unpaired) electrons. The summed E-state index contributed by atoms with van der Waals surface area (Å²) >= 11 is 0. The van der Waals surface area contributed by atoms with Crippen molar-refractivity contribution >= 4 is 11.0 Å². The Morgan fingerprint density at radius 3 is 2.17 bits per heavy atom. The second-order valence-electron chi connectivity index (χ2n) is 9.07. The number of hydrogen-bond donors (Lipinski definition) is 0. The van der Waals surface area contributed by atoms with Gasteiger partial charge in [0.2, 0.25) is 0 Å². The van der Waals surface area contributed by atoms with E-state index in [9.17, 15) is 0 Å². The molecule has 1 saturated heterocycles. The second kappa shape index (κ2) is 10.9. The standard InChI is InChI=1S/C30H33NO4/c1-32-24-12-8-23(9-13-24)30-28(27-15-14-26(33-2)21-29(27)35-30)20-22-6-10-25(11-7-22)34-19-18-31-16-4-3-5-17-31/h6-15,21H,3-5,16-20H2,1-2H3. The summed E-state index contributed by atoms with van der Waals surface area (Å²) in [6.45, 7) is 4.12. The Labute approximate surface area is 207 Å². The maximum absolute atomic E-state index is 6.36. The summed E-state index contributed by atoms with van der Waals surface area (Å²) < 4.78 is 23.1. The minimum atomic E-state index is 0.731. The van der Waals surface area contributed by atoms with Crippen LogP contribution in [0, 0.1) is 0 Å². The summed E-state index contributed by atoms with van der Waals surface area (Å²) in [7, 11) is 3.35. The Morgan fingerprint density at radius 2 is 1.46 bits per heavy atom. The number of nitrogens with zero attached hydrogens (tertiary/aromatic N) is 1. The van der Waals surface area contributed by atoms with Gasteiger partial charge in [-0.25, -0.2) is 0 Å². The van der Waals surface area contributed by atoms with Gasteiger partial charge in [-0.2, -0.15) is 0 Å². The molecule has 5 rings (SSSR count). The minimum Gasteiger partial charge on any atom is -0.497 e. The van der Waals surface area contributed by atoms with Crippen molar-refractivity contribution < 1.29 is 18.6 Å². The molecule has 0 aliphatic carbocycles. The first-order chi connectivity index (χ1) is 17.2. The Bertz CT molecular complexity index is 1240. The summed E-state index contributed by atoms with van der Waals surface area (Å²) in [5, 5.41) is 1.10. The van der Waals surface area contributed by atoms with Gasteiger partial charge in [0.05, 0.1) is 14.2 Å². The van der Waals surface area contributed by atoms with Gasteiger partial charge >= 0.3 is 0 Å². The summed E-state index contributed by atoms with van der Waals surface area (Å²) in [6, 6.07) is 22.5. The second-order valence-corrected chi connectivity index (χ2v) is 9.07. The predicted octanol–water partition coefficient (Wildman–Crippen LogP) is 6.57. The number of fused-ring (bicyclic) bond motifs is 1. The first kappa shape index (κ1) is 23.3. The van der Waals surface area contributed by atoms with E-state index in [0.29, 0.717) is 0 Å². The SMILES string of the molecule is COc1ccc(-c2oc3cc(OC)ccc3c2Cc2ccc(OCCN3CCCCC3)cc2)cc1. The van der Waals surface area contributed by atoms with E-state index in [4.69, 9.17) is 18.6 Å². The van der Waals surface area contributed by atoms with E-state index in [1.165, 1.54) is 37.9 Å². The molecule has 5 nitrogen and oxygen atoms in total. The van der Waals surface area contributed by atoms with Crippen molar-refractivity contribution in [3.8, 4) is 28.6 Å². The average Bonchev–Trinajstić information content (AvgIpc) is 3.27. The lowest BCUT2D eigenvalue weighted by Gasteiger charge is -2.26. The van der Waals surface area contributed by atoms with E-state index in [0.717, 1.165) is 64.7 Å². The third-order valence-corrected chi connectivity index (χ3v) is 6.78. The highest BCUT2D eigenvalue weighted by atomic mass is 16.5. The van der Waals surface area contributed by atoms with Crippen LogP contribution in [0.3, 0.4) is 0 Å². The van der Waals surface area contributed by atoms with Crippen LogP contribution in [0.4, 0.5) is 0 Å². The highest BCUT2D eigenvalue weighted by Crippen LogP contribution is 2.37. The normalized spacial score (nSPS) is 14.2. The van der Waals surface area contributed by atoms with Gasteiger partial charge in [-0.15, -0.1) is 0 Å². The average molecular weight is 472 g/mol. The third kappa shape index (κ3) is 5.46. The number of piperidine rings is 1. The fraction of sp³-hybridized carbons (Fsp3) is 0.333. The zero-order valence-electron chi connectivity index (χ0n) is 20.6. The molecule has 0 bridgehead atoms. The molecule has 2 heterocycles. The number of hydrogen-bond acceptors (Lipinski definition) is 5. The number of likely N-dealkylation sites (tertiary alicyclic amines) is 1. The van der Waals surface area contributed by atoms with E-state index in [1.807, 2.05) is 36.4 Å². The lowest BCUT2D eigenvalue weighted by molar-refractivity contribution is 0.183. The van der Waals surface area contributed by atoms with Gasteiger partial charge < -0.3 is 18.6 Å². The third-order valence-electron chi connectivity index (χ3n) is 6.78. The van der Waals surface area contributed by atoms with E-state index in [-0.39, 0.29) is 0 Å². The molecule has 0 unspecified atom stereocenters. The van der Waals surface area contributed by atoms with Gasteiger partial charge in [0.1, 0.15) is 35.2 Å². The predicted molar refractivity (Wildman–Crippen MR) is 140 cm³/mol. The molecular formula is C30H33NO4. The highest BCUT2D eigenvalue weighted by molar-refractivity contribution is 5.89. The zero-order valence-corrected chi connectivity index (χ0v) is 20.6. The first-order valence-corrected chi connectivity index (χ1v) is 12.4. The molecule has 35 heavy (non-hydrogen) atoms. The Balaban J connectivity index is 1.35. The fourth-order valence-corrected chi connectivity index (χ4v) is 4.79. The van der Waals surface area contributed by atoms with Crippen molar-refractivity contribution in [1.82, 2.24) is 4.90 Å². The number of ether oxygens (including phenoxy) is 3. The van der Waals surface area contributed by atoms with Crippen LogP contribution >= 0.6 is 0 Å². The molecule has 182 valence electrons. The van der Waals surface area contributed by atoms with Crippen molar-refractivity contribution in [1.29, 1.82) is 0 Å². The highest BCUT2D eigenvalue weighted by Gasteiger charge is 2.17. The van der Waals surface area contributed by atoms with Crippen molar-refractivity contribution in [2.24, 2.45) is 0 Å². The first-order valence-electron chi connectivity index (χ1n) is 12.4. The van der Waals surface area contributed by atoms with Gasteiger partial charge in [-0.3, -0.25) is 4.90 Å². The summed E-state index contributed by atoms with van der Waals surface area (Å²) in [4.78, 5) is 2.50. The van der Waals surface area contributed by atoms with Crippen molar-refractivity contribution in [2.75, 3.05) is 40.5 Å². The van der Waals surface area contributed by atoms with Crippen molar-refractivity contribution in [2.45, 2.75) is 25.7 Å². The largest absolute Gasteiger partial charge is 0.497 e. The van der Waals surface area contributed by atoms with E-state index in [2.05, 4.69) is 35.2 Å². The number of methoxy groups -OCH3 is 2. The van der Waals surface area contributed by atoms with Crippen molar-refractivity contribution in [3.05, 3.63) is 77.9 Å². The van der Waals surface area contributed by atoms with E-state index < -0.39 is 0 Å². The summed E-state index contributed by atoms with van der Waals surface area (Å²) in [5.74, 6) is 3.40. The van der Waals surface area contributed by atoms with Crippen LogP contribution in [0.25, 0.3) is 22.3 Å². The summed E-state index contributed by atoms with van der Waals surface area (Å²) in [5.41, 5.74) is 4.21. The molecule has 0 saturated carbocycles. The molecule has 0 spiro atoms. The molecular weight excluding hydrogens is 438 g/mol. The van der Waals surface area contributed by atoms with Gasteiger partial charge in [-0.1, -0.05) is 18.6 Å². The van der Waals surface area contributed by atoms with Gasteiger partial charge in [-0.05, 0) is 80.0 Å². The topological polar surface area (TPSA) is 44.1 Å². The van der Waals surface area contributed by atoms with Crippen LogP contribution in [0.15, 0.2) is 71.1 Å². The molecule has 5 heteroatoms. The molecule has 1 fully saturated rings. The van der Waals surface area contributed by atoms with Gasteiger partial charge in [0.15, 0.2) is 0 Å². The molecule has 0 amide bonds. The molecule has 1 aliphatic rings. The Hall–Kier alpha value is -3.44. The Morgan fingerprint density at radius 1 is 0.771 bits per heavy atom. The van der Waals surface area contributed by atoms with Crippen LogP contribution in [0.5, 0.6) is 17.2 Å². The quantitative estimate of drug-likeness (QED) is 0.276. The number of benzene rings is 3. The molecule has 0 atom stereocenters. The van der Waals surface area contributed by atoms with Crippen molar-refractivity contribution in [3.63, 3.8) is 0 Å². The monoisotopic (exact) mass is 471 g/mol. The van der Waals surface area contributed by atoms with Gasteiger partial charge in [0.25, 0.3) is 0 Å². The lowest BCUT2D eigenvalue weighted by atomic mass is 9.98. The van der Waals surface area contributed by atoms with Crippen LogP contribution in [0.1, 0.15) is 30.4 Å². The molecule has 0 N–H and O–H groups in total. The zero-order chi connectivity index (χ0) is 24.0. The fourth-order valence-electron chi connectivity index (χ4n) is 4.79. The maximum atomic E-state index is 6.36. The maximum Gasteiger partial charge on any atom is 0.138 e.